The highest BCUT2D eigenvalue weighted by atomic mass is 15.1. The summed E-state index contributed by atoms with van der Waals surface area (Å²) in [5.74, 6) is 0.904. The van der Waals surface area contributed by atoms with Gasteiger partial charge in [0.25, 0.3) is 0 Å². The SMILES string of the molecule is CC(N)CNc1ccc(CN2CCC(C)CC2)cc1. The van der Waals surface area contributed by atoms with Crippen LogP contribution in [0.2, 0.25) is 0 Å². The maximum atomic E-state index is 5.74. The van der Waals surface area contributed by atoms with Crippen molar-refractivity contribution in [3.8, 4) is 0 Å². The van der Waals surface area contributed by atoms with Crippen LogP contribution in [0.3, 0.4) is 0 Å². The van der Waals surface area contributed by atoms with Crippen LogP contribution in [0.25, 0.3) is 0 Å². The Kier molecular flexibility index (Phi) is 5.23. The Balaban J connectivity index is 1.81. The number of benzene rings is 1. The van der Waals surface area contributed by atoms with Gasteiger partial charge in [0.05, 0.1) is 0 Å². The van der Waals surface area contributed by atoms with Crippen LogP contribution in [0, 0.1) is 5.92 Å². The smallest absolute Gasteiger partial charge is 0.0340 e. The molecule has 0 bridgehead atoms. The van der Waals surface area contributed by atoms with Crippen LogP contribution < -0.4 is 11.1 Å². The van der Waals surface area contributed by atoms with Crippen LogP contribution in [0.15, 0.2) is 24.3 Å². The Morgan fingerprint density at radius 3 is 2.47 bits per heavy atom. The van der Waals surface area contributed by atoms with Crippen LogP contribution in [-0.2, 0) is 6.54 Å². The van der Waals surface area contributed by atoms with Crippen molar-refractivity contribution in [2.45, 2.75) is 39.3 Å². The van der Waals surface area contributed by atoms with E-state index in [4.69, 9.17) is 5.73 Å². The van der Waals surface area contributed by atoms with E-state index in [0.29, 0.717) is 0 Å². The van der Waals surface area contributed by atoms with Gasteiger partial charge >= 0.3 is 0 Å². The molecule has 2 rings (SSSR count). The fourth-order valence-electron chi connectivity index (χ4n) is 2.49. The van der Waals surface area contributed by atoms with E-state index in [1.54, 1.807) is 0 Å². The standard InChI is InChI=1S/C16H27N3/c1-13-7-9-19(10-8-13)12-15-3-5-16(6-4-15)18-11-14(2)17/h3-6,13-14,18H,7-12,17H2,1-2H3. The molecule has 1 heterocycles. The molecule has 1 aromatic rings. The van der Waals surface area contributed by atoms with Crippen molar-refractivity contribution in [2.75, 3.05) is 25.0 Å². The molecule has 3 nitrogen and oxygen atoms in total. The van der Waals surface area contributed by atoms with Crippen molar-refractivity contribution in [2.24, 2.45) is 11.7 Å². The molecule has 0 aliphatic carbocycles. The van der Waals surface area contributed by atoms with Crippen molar-refractivity contribution in [1.82, 2.24) is 4.90 Å². The number of rotatable bonds is 5. The predicted octanol–water partition coefficient (Wildman–Crippen LogP) is 2.68. The van der Waals surface area contributed by atoms with E-state index in [-0.39, 0.29) is 6.04 Å². The van der Waals surface area contributed by atoms with Gasteiger partial charge < -0.3 is 11.1 Å². The Bertz CT molecular complexity index is 364. The second-order valence-electron chi connectivity index (χ2n) is 6.01. The first-order valence-electron chi connectivity index (χ1n) is 7.44. The normalized spacial score (nSPS) is 19.3. The third kappa shape index (κ3) is 4.84. The van der Waals surface area contributed by atoms with Crippen LogP contribution >= 0.6 is 0 Å². The largest absolute Gasteiger partial charge is 0.383 e. The molecule has 19 heavy (non-hydrogen) atoms. The number of likely N-dealkylation sites (tertiary alicyclic amines) is 1. The van der Waals surface area contributed by atoms with Crippen molar-refractivity contribution < 1.29 is 0 Å². The Labute approximate surface area is 117 Å². The zero-order valence-corrected chi connectivity index (χ0v) is 12.2. The molecule has 0 saturated carbocycles. The molecule has 3 N–H and O–H groups in total. The molecule has 1 fully saturated rings. The summed E-state index contributed by atoms with van der Waals surface area (Å²) in [5, 5.41) is 3.34. The van der Waals surface area contributed by atoms with E-state index in [0.717, 1.165) is 24.7 Å². The van der Waals surface area contributed by atoms with Gasteiger partial charge in [0, 0.05) is 24.8 Å². The van der Waals surface area contributed by atoms with Crippen molar-refractivity contribution in [1.29, 1.82) is 0 Å². The van der Waals surface area contributed by atoms with Gasteiger partial charge in [0.2, 0.25) is 0 Å². The molecule has 0 amide bonds. The summed E-state index contributed by atoms with van der Waals surface area (Å²) in [5.41, 5.74) is 8.30. The fourth-order valence-corrected chi connectivity index (χ4v) is 2.49. The minimum atomic E-state index is 0.190. The highest BCUT2D eigenvalue weighted by molar-refractivity contribution is 5.44. The number of anilines is 1. The summed E-state index contributed by atoms with van der Waals surface area (Å²) in [4.78, 5) is 2.56. The molecular weight excluding hydrogens is 234 g/mol. The zero-order valence-electron chi connectivity index (χ0n) is 12.2. The molecule has 1 aromatic carbocycles. The molecule has 0 aromatic heterocycles. The summed E-state index contributed by atoms with van der Waals surface area (Å²) in [6, 6.07) is 8.95. The summed E-state index contributed by atoms with van der Waals surface area (Å²) in [7, 11) is 0. The minimum absolute atomic E-state index is 0.190. The number of nitrogens with one attached hydrogen (secondary N) is 1. The molecule has 3 heteroatoms. The van der Waals surface area contributed by atoms with Crippen LogP contribution in [-0.4, -0.2) is 30.6 Å². The summed E-state index contributed by atoms with van der Waals surface area (Å²) >= 11 is 0. The lowest BCUT2D eigenvalue weighted by Crippen LogP contribution is -2.32. The van der Waals surface area contributed by atoms with Gasteiger partial charge in [-0.25, -0.2) is 0 Å². The Morgan fingerprint density at radius 1 is 1.26 bits per heavy atom. The number of nitrogens with two attached hydrogens (primary N) is 1. The maximum absolute atomic E-state index is 5.74. The third-order valence-corrected chi connectivity index (χ3v) is 3.86. The first-order chi connectivity index (χ1) is 9.13. The number of hydrogen-bond donors (Lipinski definition) is 2. The van der Waals surface area contributed by atoms with E-state index < -0.39 is 0 Å². The van der Waals surface area contributed by atoms with Gasteiger partial charge in [-0.05, 0) is 56.5 Å². The lowest BCUT2D eigenvalue weighted by molar-refractivity contribution is 0.185. The fraction of sp³-hybridized carbons (Fsp3) is 0.625. The quantitative estimate of drug-likeness (QED) is 0.856. The van der Waals surface area contributed by atoms with Gasteiger partial charge in [-0.1, -0.05) is 19.1 Å². The minimum Gasteiger partial charge on any atom is -0.383 e. The highest BCUT2D eigenvalue weighted by Gasteiger charge is 2.15. The van der Waals surface area contributed by atoms with Crippen LogP contribution in [0.1, 0.15) is 32.3 Å². The summed E-state index contributed by atoms with van der Waals surface area (Å²) < 4.78 is 0. The lowest BCUT2D eigenvalue weighted by Gasteiger charge is -2.30. The summed E-state index contributed by atoms with van der Waals surface area (Å²) in [6.45, 7) is 8.76. The van der Waals surface area contributed by atoms with Crippen LogP contribution in [0.4, 0.5) is 5.69 Å². The average Bonchev–Trinajstić information content (AvgIpc) is 2.40. The van der Waals surface area contributed by atoms with Gasteiger partial charge in [0.15, 0.2) is 0 Å². The number of piperidine rings is 1. The highest BCUT2D eigenvalue weighted by Crippen LogP contribution is 2.18. The van der Waals surface area contributed by atoms with Crippen molar-refractivity contribution in [3.63, 3.8) is 0 Å². The van der Waals surface area contributed by atoms with E-state index in [1.165, 1.54) is 31.5 Å². The van der Waals surface area contributed by atoms with Gasteiger partial charge in [-0.2, -0.15) is 0 Å². The Morgan fingerprint density at radius 2 is 1.89 bits per heavy atom. The topological polar surface area (TPSA) is 41.3 Å². The van der Waals surface area contributed by atoms with E-state index >= 15 is 0 Å². The van der Waals surface area contributed by atoms with E-state index in [9.17, 15) is 0 Å². The van der Waals surface area contributed by atoms with Gasteiger partial charge in [-0.15, -0.1) is 0 Å². The van der Waals surface area contributed by atoms with Crippen LogP contribution in [0.5, 0.6) is 0 Å². The van der Waals surface area contributed by atoms with Gasteiger partial charge in [-0.3, -0.25) is 4.90 Å². The average molecular weight is 261 g/mol. The predicted molar refractivity (Wildman–Crippen MR) is 82.3 cm³/mol. The number of hydrogen-bond acceptors (Lipinski definition) is 3. The second-order valence-corrected chi connectivity index (χ2v) is 6.01. The second kappa shape index (κ2) is 6.92. The third-order valence-electron chi connectivity index (χ3n) is 3.86. The first kappa shape index (κ1) is 14.4. The summed E-state index contributed by atoms with van der Waals surface area (Å²) in [6.07, 6.45) is 2.68. The molecule has 1 unspecified atom stereocenters. The molecule has 1 aliphatic rings. The molecule has 1 saturated heterocycles. The van der Waals surface area contributed by atoms with Crippen molar-refractivity contribution in [3.05, 3.63) is 29.8 Å². The van der Waals surface area contributed by atoms with Gasteiger partial charge in [0.1, 0.15) is 0 Å². The molecule has 1 aliphatic heterocycles. The monoisotopic (exact) mass is 261 g/mol. The lowest BCUT2D eigenvalue weighted by atomic mass is 9.99. The van der Waals surface area contributed by atoms with E-state index in [1.807, 2.05) is 6.92 Å². The Hall–Kier alpha value is -1.06. The maximum Gasteiger partial charge on any atom is 0.0340 e. The molecule has 106 valence electrons. The number of nitrogens with zero attached hydrogens (tertiary/aromatic N) is 1. The molecule has 0 radical (unpaired) electrons. The molecular formula is C16H27N3. The molecule has 1 atom stereocenters. The molecule has 0 spiro atoms. The zero-order chi connectivity index (χ0) is 13.7. The van der Waals surface area contributed by atoms with E-state index in [2.05, 4.69) is 41.4 Å². The first-order valence-corrected chi connectivity index (χ1v) is 7.44. The van der Waals surface area contributed by atoms with Crippen molar-refractivity contribution >= 4 is 5.69 Å².